The van der Waals surface area contributed by atoms with Crippen molar-refractivity contribution in [1.29, 1.82) is 0 Å². The smallest absolute Gasteiger partial charge is 0.248 e. The fraction of sp³-hybridized carbons (Fsp3) is 0.923. The summed E-state index contributed by atoms with van der Waals surface area (Å²) in [6.07, 6.45) is 5.44. The molecule has 1 fully saturated rings. The second-order valence-electron chi connectivity index (χ2n) is 4.77. The lowest BCUT2D eigenvalue weighted by Crippen LogP contribution is -2.37. The zero-order chi connectivity index (χ0) is 12.5. The maximum atomic E-state index is 11.7. The molecule has 17 heavy (non-hydrogen) atoms. The Kier molecular flexibility index (Phi) is 7.21. The van der Waals surface area contributed by atoms with Crippen molar-refractivity contribution in [3.05, 3.63) is 0 Å². The first kappa shape index (κ1) is 14.5. The molecule has 1 amide bonds. The van der Waals surface area contributed by atoms with Gasteiger partial charge in [-0.05, 0) is 32.7 Å². The predicted molar refractivity (Wildman–Crippen MR) is 69.0 cm³/mol. The molecule has 1 heterocycles. The van der Waals surface area contributed by atoms with Crippen molar-refractivity contribution in [1.82, 2.24) is 10.6 Å². The summed E-state index contributed by atoms with van der Waals surface area (Å²) in [6, 6.07) is 0.436. The van der Waals surface area contributed by atoms with Crippen molar-refractivity contribution in [3.8, 4) is 0 Å². The van der Waals surface area contributed by atoms with Crippen molar-refractivity contribution in [2.75, 3.05) is 19.7 Å². The maximum absolute atomic E-state index is 11.7. The second kappa shape index (κ2) is 8.48. The largest absolute Gasteiger partial charge is 0.367 e. The van der Waals surface area contributed by atoms with Crippen LogP contribution >= 0.6 is 0 Å². The molecule has 0 saturated carbocycles. The molecule has 0 aromatic rings. The molecule has 2 N–H and O–H groups in total. The lowest BCUT2D eigenvalue weighted by molar-refractivity contribution is -0.132. The number of rotatable bonds is 8. The van der Waals surface area contributed by atoms with E-state index in [-0.39, 0.29) is 12.0 Å². The summed E-state index contributed by atoms with van der Waals surface area (Å²) in [7, 11) is 0. The molecule has 0 aliphatic carbocycles. The Morgan fingerprint density at radius 2 is 2.35 bits per heavy atom. The Bertz CT molecular complexity index is 215. The minimum atomic E-state index is -0.334. The molecule has 2 unspecified atom stereocenters. The molecule has 0 radical (unpaired) electrons. The first-order chi connectivity index (χ1) is 8.24. The summed E-state index contributed by atoms with van der Waals surface area (Å²) >= 11 is 0. The first-order valence-corrected chi connectivity index (χ1v) is 6.86. The highest BCUT2D eigenvalue weighted by molar-refractivity contribution is 5.80. The number of nitrogens with one attached hydrogen (secondary N) is 2. The molecule has 1 aliphatic heterocycles. The van der Waals surface area contributed by atoms with Gasteiger partial charge in [-0.25, -0.2) is 0 Å². The number of carbonyl (C=O) groups excluding carboxylic acids is 1. The Morgan fingerprint density at radius 3 is 3.00 bits per heavy atom. The van der Waals surface area contributed by atoms with E-state index in [1.54, 1.807) is 0 Å². The molecule has 1 saturated heterocycles. The number of hydrogen-bond acceptors (Lipinski definition) is 3. The van der Waals surface area contributed by atoms with Crippen LogP contribution in [0.3, 0.4) is 0 Å². The van der Waals surface area contributed by atoms with Gasteiger partial charge in [0.1, 0.15) is 6.10 Å². The Hall–Kier alpha value is -0.610. The van der Waals surface area contributed by atoms with E-state index in [0.717, 1.165) is 25.9 Å². The van der Waals surface area contributed by atoms with Crippen LogP contribution in [0, 0.1) is 0 Å². The lowest BCUT2D eigenvalue weighted by Gasteiger charge is -2.16. The van der Waals surface area contributed by atoms with Crippen LogP contribution in [0.25, 0.3) is 0 Å². The number of amides is 1. The molecule has 0 aromatic heterocycles. The monoisotopic (exact) mass is 242 g/mol. The van der Waals surface area contributed by atoms with E-state index in [2.05, 4.69) is 17.6 Å². The highest BCUT2D eigenvalue weighted by Gasteiger charge is 2.18. The molecular formula is C13H26N2O2. The molecule has 4 heteroatoms. The summed E-state index contributed by atoms with van der Waals surface area (Å²) in [5.74, 6) is 0.0131. The van der Waals surface area contributed by atoms with Crippen molar-refractivity contribution >= 4 is 5.91 Å². The van der Waals surface area contributed by atoms with Crippen LogP contribution in [0.5, 0.6) is 0 Å². The average Bonchev–Trinajstić information content (AvgIpc) is 2.84. The molecule has 2 atom stereocenters. The highest BCUT2D eigenvalue weighted by atomic mass is 16.5. The summed E-state index contributed by atoms with van der Waals surface area (Å²) in [5, 5.41) is 6.26. The van der Waals surface area contributed by atoms with Gasteiger partial charge in [-0.15, -0.1) is 0 Å². The van der Waals surface area contributed by atoms with Crippen LogP contribution in [-0.2, 0) is 9.53 Å². The zero-order valence-corrected chi connectivity index (χ0v) is 11.1. The van der Waals surface area contributed by atoms with Gasteiger partial charge in [-0.2, -0.15) is 0 Å². The molecule has 0 spiro atoms. The fourth-order valence-electron chi connectivity index (χ4n) is 1.97. The van der Waals surface area contributed by atoms with E-state index in [1.165, 1.54) is 19.3 Å². The van der Waals surface area contributed by atoms with Gasteiger partial charge in [0.2, 0.25) is 5.91 Å². The molecule has 0 bridgehead atoms. The molecule has 4 nitrogen and oxygen atoms in total. The maximum Gasteiger partial charge on any atom is 0.248 e. The Labute approximate surface area is 104 Å². The predicted octanol–water partition coefficient (Wildman–Crippen LogP) is 1.45. The van der Waals surface area contributed by atoms with Gasteiger partial charge in [0.05, 0.1) is 6.61 Å². The molecular weight excluding hydrogens is 216 g/mol. The number of ether oxygens (including phenoxy) is 1. The van der Waals surface area contributed by atoms with Gasteiger partial charge in [0.25, 0.3) is 0 Å². The number of carbonyl (C=O) groups is 1. The van der Waals surface area contributed by atoms with Gasteiger partial charge < -0.3 is 15.4 Å². The number of hydrogen-bond donors (Lipinski definition) is 2. The van der Waals surface area contributed by atoms with Crippen LogP contribution in [0.4, 0.5) is 0 Å². The second-order valence-corrected chi connectivity index (χ2v) is 4.77. The molecule has 1 aliphatic rings. The zero-order valence-electron chi connectivity index (χ0n) is 11.1. The topological polar surface area (TPSA) is 50.4 Å². The van der Waals surface area contributed by atoms with Crippen LogP contribution in [0.1, 0.15) is 46.0 Å². The summed E-state index contributed by atoms with van der Waals surface area (Å²) in [5.41, 5.74) is 0. The van der Waals surface area contributed by atoms with Crippen molar-refractivity contribution in [3.63, 3.8) is 0 Å². The summed E-state index contributed by atoms with van der Waals surface area (Å²) in [4.78, 5) is 11.7. The molecule has 100 valence electrons. The van der Waals surface area contributed by atoms with E-state index in [4.69, 9.17) is 4.74 Å². The standard InChI is InChI=1S/C13H26N2O2/c1-3-4-5-8-15-13(16)11(2)17-10-12-7-6-9-14-12/h11-12,14H,3-10H2,1-2H3,(H,15,16). The van der Waals surface area contributed by atoms with E-state index < -0.39 is 0 Å². The van der Waals surface area contributed by atoms with Crippen LogP contribution in [-0.4, -0.2) is 37.7 Å². The fourth-order valence-corrected chi connectivity index (χ4v) is 1.97. The third kappa shape index (κ3) is 6.03. The van der Waals surface area contributed by atoms with Gasteiger partial charge in [-0.1, -0.05) is 19.8 Å². The van der Waals surface area contributed by atoms with E-state index in [0.29, 0.717) is 12.6 Å². The Balaban J connectivity index is 2.04. The SMILES string of the molecule is CCCCCNC(=O)C(C)OCC1CCCN1. The molecule has 0 aromatic carbocycles. The van der Waals surface area contributed by atoms with E-state index in [9.17, 15) is 4.79 Å². The third-order valence-corrected chi connectivity index (χ3v) is 3.16. The van der Waals surface area contributed by atoms with Gasteiger partial charge in [0.15, 0.2) is 0 Å². The van der Waals surface area contributed by atoms with E-state index >= 15 is 0 Å². The van der Waals surface area contributed by atoms with Crippen LogP contribution in [0.15, 0.2) is 0 Å². The van der Waals surface area contributed by atoms with Gasteiger partial charge >= 0.3 is 0 Å². The lowest BCUT2D eigenvalue weighted by atomic mass is 10.2. The molecule has 1 rings (SSSR count). The van der Waals surface area contributed by atoms with E-state index in [1.807, 2.05) is 6.92 Å². The Morgan fingerprint density at radius 1 is 1.53 bits per heavy atom. The minimum Gasteiger partial charge on any atom is -0.367 e. The highest BCUT2D eigenvalue weighted by Crippen LogP contribution is 2.06. The van der Waals surface area contributed by atoms with Crippen molar-refractivity contribution < 1.29 is 9.53 Å². The third-order valence-electron chi connectivity index (χ3n) is 3.16. The van der Waals surface area contributed by atoms with Crippen LogP contribution < -0.4 is 10.6 Å². The van der Waals surface area contributed by atoms with Crippen molar-refractivity contribution in [2.24, 2.45) is 0 Å². The van der Waals surface area contributed by atoms with Gasteiger partial charge in [-0.3, -0.25) is 4.79 Å². The minimum absolute atomic E-state index is 0.0131. The number of unbranched alkanes of at least 4 members (excludes halogenated alkanes) is 2. The van der Waals surface area contributed by atoms with Gasteiger partial charge in [0, 0.05) is 12.6 Å². The van der Waals surface area contributed by atoms with Crippen LogP contribution in [0.2, 0.25) is 0 Å². The first-order valence-electron chi connectivity index (χ1n) is 6.86. The average molecular weight is 242 g/mol. The summed E-state index contributed by atoms with van der Waals surface area (Å²) in [6.45, 7) is 6.46. The normalized spacial score (nSPS) is 21.4. The quantitative estimate of drug-likeness (QED) is 0.633. The van der Waals surface area contributed by atoms with Crippen molar-refractivity contribution in [2.45, 2.75) is 58.1 Å². The summed E-state index contributed by atoms with van der Waals surface area (Å²) < 4.78 is 5.57.